The molecule has 2 rings (SSSR count). The van der Waals surface area contributed by atoms with Crippen molar-refractivity contribution in [2.75, 3.05) is 32.8 Å². The minimum Gasteiger partial charge on any atom is -0.370 e. The third-order valence-electron chi connectivity index (χ3n) is 3.83. The maximum atomic E-state index is 12.1. The van der Waals surface area contributed by atoms with E-state index in [1.165, 1.54) is 16.0 Å². The highest BCUT2D eigenvalue weighted by atomic mass is 16.5. The van der Waals surface area contributed by atoms with E-state index in [1.807, 2.05) is 0 Å². The zero-order chi connectivity index (χ0) is 14.4. The van der Waals surface area contributed by atoms with E-state index in [1.54, 1.807) is 0 Å². The SMILES string of the molecule is CC[C@H](NC(=O)C[NH+]1CCOCC1)c1ccc(C)cc1. The predicted molar refractivity (Wildman–Crippen MR) is 78.7 cm³/mol. The van der Waals surface area contributed by atoms with Gasteiger partial charge in [0, 0.05) is 0 Å². The summed E-state index contributed by atoms with van der Waals surface area (Å²) in [4.78, 5) is 13.5. The summed E-state index contributed by atoms with van der Waals surface area (Å²) in [5.74, 6) is 0.134. The van der Waals surface area contributed by atoms with Crippen molar-refractivity contribution in [2.24, 2.45) is 0 Å². The molecule has 1 aliphatic rings. The lowest BCUT2D eigenvalue weighted by atomic mass is 10.0. The van der Waals surface area contributed by atoms with E-state index in [0.29, 0.717) is 6.54 Å². The zero-order valence-corrected chi connectivity index (χ0v) is 12.4. The third-order valence-corrected chi connectivity index (χ3v) is 3.83. The average molecular weight is 277 g/mol. The van der Waals surface area contributed by atoms with Crippen LogP contribution in [-0.2, 0) is 9.53 Å². The molecule has 1 aromatic carbocycles. The number of benzene rings is 1. The Morgan fingerprint density at radius 1 is 1.30 bits per heavy atom. The lowest BCUT2D eigenvalue weighted by molar-refractivity contribution is -0.900. The molecule has 0 aromatic heterocycles. The number of quaternary nitrogens is 1. The van der Waals surface area contributed by atoms with E-state index in [-0.39, 0.29) is 11.9 Å². The van der Waals surface area contributed by atoms with Crippen LogP contribution in [0.25, 0.3) is 0 Å². The number of nitrogens with one attached hydrogen (secondary N) is 2. The van der Waals surface area contributed by atoms with Crippen LogP contribution in [0.3, 0.4) is 0 Å². The van der Waals surface area contributed by atoms with Gasteiger partial charge in [0.1, 0.15) is 13.1 Å². The quantitative estimate of drug-likeness (QED) is 0.822. The second kappa shape index (κ2) is 7.41. The summed E-state index contributed by atoms with van der Waals surface area (Å²) in [6.45, 7) is 8.10. The number of carbonyl (C=O) groups is 1. The highest BCUT2D eigenvalue weighted by Gasteiger charge is 2.20. The number of morpholine rings is 1. The molecule has 1 fully saturated rings. The van der Waals surface area contributed by atoms with Gasteiger partial charge in [-0.1, -0.05) is 36.8 Å². The van der Waals surface area contributed by atoms with E-state index in [2.05, 4.69) is 43.4 Å². The predicted octanol–water partition coefficient (Wildman–Crippen LogP) is 0.477. The molecule has 0 unspecified atom stereocenters. The first-order valence-electron chi connectivity index (χ1n) is 7.46. The molecular weight excluding hydrogens is 252 g/mol. The Hall–Kier alpha value is -1.39. The van der Waals surface area contributed by atoms with Crippen molar-refractivity contribution in [1.29, 1.82) is 0 Å². The lowest BCUT2D eigenvalue weighted by Gasteiger charge is -2.24. The van der Waals surface area contributed by atoms with Crippen LogP contribution in [0, 0.1) is 6.92 Å². The molecule has 0 radical (unpaired) electrons. The highest BCUT2D eigenvalue weighted by molar-refractivity contribution is 5.77. The fraction of sp³-hybridized carbons (Fsp3) is 0.562. The number of amides is 1. The molecule has 1 aliphatic heterocycles. The topological polar surface area (TPSA) is 42.8 Å². The van der Waals surface area contributed by atoms with Crippen molar-refractivity contribution in [3.63, 3.8) is 0 Å². The summed E-state index contributed by atoms with van der Waals surface area (Å²) in [6, 6.07) is 8.51. The fourth-order valence-electron chi connectivity index (χ4n) is 2.53. The van der Waals surface area contributed by atoms with Gasteiger partial charge in [0.05, 0.1) is 19.3 Å². The van der Waals surface area contributed by atoms with E-state index < -0.39 is 0 Å². The highest BCUT2D eigenvalue weighted by Crippen LogP contribution is 2.16. The molecule has 20 heavy (non-hydrogen) atoms. The van der Waals surface area contributed by atoms with E-state index in [4.69, 9.17) is 4.74 Å². The first-order chi connectivity index (χ1) is 9.69. The van der Waals surface area contributed by atoms with Gasteiger partial charge < -0.3 is 15.0 Å². The van der Waals surface area contributed by atoms with Gasteiger partial charge in [-0.3, -0.25) is 4.79 Å². The van der Waals surface area contributed by atoms with Gasteiger partial charge in [-0.2, -0.15) is 0 Å². The Morgan fingerprint density at radius 3 is 2.55 bits per heavy atom. The Balaban J connectivity index is 1.88. The molecule has 0 bridgehead atoms. The van der Waals surface area contributed by atoms with Gasteiger partial charge in [-0.05, 0) is 18.9 Å². The lowest BCUT2D eigenvalue weighted by Crippen LogP contribution is -3.15. The monoisotopic (exact) mass is 277 g/mol. The first-order valence-corrected chi connectivity index (χ1v) is 7.46. The molecule has 1 heterocycles. The van der Waals surface area contributed by atoms with Crippen molar-refractivity contribution in [3.8, 4) is 0 Å². The summed E-state index contributed by atoms with van der Waals surface area (Å²) in [7, 11) is 0. The van der Waals surface area contributed by atoms with Gasteiger partial charge in [0.2, 0.25) is 0 Å². The third kappa shape index (κ3) is 4.32. The van der Waals surface area contributed by atoms with Crippen molar-refractivity contribution < 1.29 is 14.4 Å². The van der Waals surface area contributed by atoms with Gasteiger partial charge in [-0.25, -0.2) is 0 Å². The Morgan fingerprint density at radius 2 is 1.95 bits per heavy atom. The Kier molecular flexibility index (Phi) is 5.56. The minimum absolute atomic E-state index is 0.114. The van der Waals surface area contributed by atoms with Gasteiger partial charge in [0.25, 0.3) is 5.91 Å². The molecule has 4 nitrogen and oxygen atoms in total. The van der Waals surface area contributed by atoms with Gasteiger partial charge in [0.15, 0.2) is 6.54 Å². The van der Waals surface area contributed by atoms with E-state index in [0.717, 1.165) is 32.7 Å². The van der Waals surface area contributed by atoms with Crippen LogP contribution in [0.5, 0.6) is 0 Å². The van der Waals surface area contributed by atoms with E-state index >= 15 is 0 Å². The van der Waals surface area contributed by atoms with Crippen LogP contribution in [0.15, 0.2) is 24.3 Å². The van der Waals surface area contributed by atoms with Crippen molar-refractivity contribution in [3.05, 3.63) is 35.4 Å². The summed E-state index contributed by atoms with van der Waals surface area (Å²) < 4.78 is 5.31. The number of hydrogen-bond donors (Lipinski definition) is 2. The average Bonchev–Trinajstić information content (AvgIpc) is 2.47. The Labute approximate surface area is 121 Å². The smallest absolute Gasteiger partial charge is 0.275 e. The van der Waals surface area contributed by atoms with Crippen molar-refractivity contribution >= 4 is 5.91 Å². The second-order valence-corrected chi connectivity index (χ2v) is 5.48. The van der Waals surface area contributed by atoms with E-state index in [9.17, 15) is 4.79 Å². The largest absolute Gasteiger partial charge is 0.370 e. The maximum Gasteiger partial charge on any atom is 0.275 e. The van der Waals surface area contributed by atoms with Gasteiger partial charge >= 0.3 is 0 Å². The normalized spacial score (nSPS) is 17.7. The molecule has 110 valence electrons. The zero-order valence-electron chi connectivity index (χ0n) is 12.4. The van der Waals surface area contributed by atoms with Crippen LogP contribution in [0.2, 0.25) is 0 Å². The molecule has 0 aliphatic carbocycles. The summed E-state index contributed by atoms with van der Waals surface area (Å²) >= 11 is 0. The molecule has 1 saturated heterocycles. The van der Waals surface area contributed by atoms with Crippen molar-refractivity contribution in [1.82, 2.24) is 5.32 Å². The van der Waals surface area contributed by atoms with Crippen LogP contribution in [0.1, 0.15) is 30.5 Å². The molecule has 0 saturated carbocycles. The molecule has 1 amide bonds. The van der Waals surface area contributed by atoms with Crippen LogP contribution >= 0.6 is 0 Å². The van der Waals surface area contributed by atoms with Gasteiger partial charge in [-0.15, -0.1) is 0 Å². The number of rotatable bonds is 5. The summed E-state index contributed by atoms with van der Waals surface area (Å²) in [5.41, 5.74) is 2.43. The van der Waals surface area contributed by atoms with Crippen LogP contribution in [-0.4, -0.2) is 38.8 Å². The molecule has 0 spiro atoms. The molecule has 2 N–H and O–H groups in total. The maximum absolute atomic E-state index is 12.1. The molecule has 4 heteroatoms. The number of aryl methyl sites for hydroxylation is 1. The summed E-state index contributed by atoms with van der Waals surface area (Å²) in [5, 5.41) is 3.15. The summed E-state index contributed by atoms with van der Waals surface area (Å²) in [6.07, 6.45) is 0.910. The number of carbonyl (C=O) groups excluding carboxylic acids is 1. The minimum atomic E-state index is 0.114. The fourth-order valence-corrected chi connectivity index (χ4v) is 2.53. The number of ether oxygens (including phenoxy) is 1. The second-order valence-electron chi connectivity index (χ2n) is 5.48. The standard InChI is InChI=1S/C16H24N2O2/c1-3-15(14-6-4-13(2)5-7-14)17-16(19)12-18-8-10-20-11-9-18/h4-7,15H,3,8-12H2,1-2H3,(H,17,19)/p+1/t15-/m0/s1. The number of hydrogen-bond acceptors (Lipinski definition) is 2. The molecule has 1 aromatic rings. The van der Waals surface area contributed by atoms with Crippen LogP contribution < -0.4 is 10.2 Å². The first kappa shape index (κ1) is 15.0. The van der Waals surface area contributed by atoms with Crippen molar-refractivity contribution in [2.45, 2.75) is 26.3 Å². The Bertz CT molecular complexity index is 425. The van der Waals surface area contributed by atoms with Crippen LogP contribution in [0.4, 0.5) is 0 Å². The molecule has 1 atom stereocenters. The molecular formula is C16H25N2O2+.